The van der Waals surface area contributed by atoms with Crippen molar-refractivity contribution in [2.45, 2.75) is 39.0 Å². The van der Waals surface area contributed by atoms with Gasteiger partial charge in [0.2, 0.25) is 0 Å². The molecule has 0 spiro atoms. The summed E-state index contributed by atoms with van der Waals surface area (Å²) in [6.45, 7) is 6.95. The Bertz CT molecular complexity index is 921. The van der Waals surface area contributed by atoms with Gasteiger partial charge in [-0.3, -0.25) is 0 Å². The van der Waals surface area contributed by atoms with Crippen LogP contribution in [0.3, 0.4) is 0 Å². The highest BCUT2D eigenvalue weighted by Crippen LogP contribution is 2.32. The third-order valence-electron chi connectivity index (χ3n) is 5.54. The maximum atomic E-state index is 11.7. The van der Waals surface area contributed by atoms with Crippen LogP contribution in [-0.4, -0.2) is 66.2 Å². The van der Waals surface area contributed by atoms with Crippen LogP contribution < -0.4 is 15.5 Å². The highest BCUT2D eigenvalue weighted by Gasteiger charge is 2.29. The summed E-state index contributed by atoms with van der Waals surface area (Å²) < 4.78 is 11.4. The van der Waals surface area contributed by atoms with Gasteiger partial charge in [-0.15, -0.1) is 0 Å². The van der Waals surface area contributed by atoms with Crippen molar-refractivity contribution in [3.8, 4) is 11.4 Å². The van der Waals surface area contributed by atoms with Gasteiger partial charge in [0, 0.05) is 36.3 Å². The van der Waals surface area contributed by atoms with Gasteiger partial charge in [-0.05, 0) is 38.1 Å². The van der Waals surface area contributed by atoms with Gasteiger partial charge < -0.3 is 30.1 Å². The number of ether oxygens (including phenoxy) is 2. The summed E-state index contributed by atoms with van der Waals surface area (Å²) in [5, 5.41) is 15.1. The molecule has 4 rings (SSSR count). The Morgan fingerprint density at radius 3 is 2.81 bits per heavy atom. The Balaban J connectivity index is 1.67. The topological polar surface area (TPSA) is 109 Å². The van der Waals surface area contributed by atoms with Crippen molar-refractivity contribution in [1.29, 1.82) is 0 Å². The predicted molar refractivity (Wildman–Crippen MR) is 117 cm³/mol. The predicted octanol–water partition coefficient (Wildman–Crippen LogP) is 1.94. The number of fused-ring (bicyclic) bond motifs is 1. The third-order valence-corrected chi connectivity index (χ3v) is 5.54. The number of anilines is 2. The molecule has 3 N–H and O–H groups in total. The lowest BCUT2D eigenvalue weighted by Crippen LogP contribution is -2.45. The molecule has 166 valence electrons. The molecular formula is C22H29N5O4. The van der Waals surface area contributed by atoms with Crippen LogP contribution in [0.4, 0.5) is 16.3 Å². The van der Waals surface area contributed by atoms with Crippen molar-refractivity contribution in [1.82, 2.24) is 15.3 Å². The number of amides is 2. The second-order valence-electron chi connectivity index (χ2n) is 7.79. The second kappa shape index (κ2) is 9.59. The van der Waals surface area contributed by atoms with Crippen molar-refractivity contribution >= 4 is 17.5 Å². The first-order valence-electron chi connectivity index (χ1n) is 10.7. The highest BCUT2D eigenvalue weighted by molar-refractivity contribution is 5.89. The quantitative estimate of drug-likeness (QED) is 0.669. The van der Waals surface area contributed by atoms with Gasteiger partial charge in [0.05, 0.1) is 44.3 Å². The van der Waals surface area contributed by atoms with Crippen LogP contribution in [-0.2, 0) is 22.5 Å². The number of nitrogens with zero attached hydrogens (tertiary/aromatic N) is 3. The number of carbonyl (C=O) groups is 1. The van der Waals surface area contributed by atoms with E-state index in [0.29, 0.717) is 44.3 Å². The summed E-state index contributed by atoms with van der Waals surface area (Å²) in [6, 6.07) is 7.43. The molecular weight excluding hydrogens is 398 g/mol. The van der Waals surface area contributed by atoms with Crippen molar-refractivity contribution in [2.24, 2.45) is 0 Å². The van der Waals surface area contributed by atoms with E-state index in [0.717, 1.165) is 29.2 Å². The number of aromatic nitrogens is 2. The van der Waals surface area contributed by atoms with E-state index in [-0.39, 0.29) is 24.8 Å². The van der Waals surface area contributed by atoms with E-state index >= 15 is 0 Å². The molecule has 0 aliphatic carbocycles. The molecule has 9 heteroatoms. The fraction of sp³-hybridized carbons (Fsp3) is 0.500. The Kier molecular flexibility index (Phi) is 6.64. The standard InChI is InChI=1S/C22H29N5O4/c1-3-23-22(29)24-16-6-4-15(5-7-16)20-25-19-10-17(11-28)31-13-18(19)21(26-20)27-8-9-30-12-14(27)2/h4-7,14,17,28H,3,8-13H2,1-2H3,(H2,23,24,29). The third kappa shape index (κ3) is 4.79. The molecule has 0 saturated carbocycles. The van der Waals surface area contributed by atoms with E-state index in [1.807, 2.05) is 31.2 Å². The smallest absolute Gasteiger partial charge is 0.319 e. The summed E-state index contributed by atoms with van der Waals surface area (Å²) in [7, 11) is 0. The second-order valence-corrected chi connectivity index (χ2v) is 7.79. The minimum Gasteiger partial charge on any atom is -0.394 e. The molecule has 2 amide bonds. The van der Waals surface area contributed by atoms with E-state index in [1.54, 1.807) is 0 Å². The van der Waals surface area contributed by atoms with E-state index in [2.05, 4.69) is 22.5 Å². The van der Waals surface area contributed by atoms with Crippen molar-refractivity contribution in [3.05, 3.63) is 35.5 Å². The van der Waals surface area contributed by atoms with E-state index in [9.17, 15) is 9.90 Å². The molecule has 0 radical (unpaired) electrons. The van der Waals surface area contributed by atoms with E-state index < -0.39 is 0 Å². The number of carbonyl (C=O) groups excluding carboxylic acids is 1. The molecule has 2 aliphatic rings. The molecule has 1 fully saturated rings. The Morgan fingerprint density at radius 2 is 2.10 bits per heavy atom. The van der Waals surface area contributed by atoms with Crippen LogP contribution >= 0.6 is 0 Å². The van der Waals surface area contributed by atoms with Crippen LogP contribution in [0.1, 0.15) is 25.1 Å². The van der Waals surface area contributed by atoms with Gasteiger partial charge >= 0.3 is 6.03 Å². The normalized spacial score (nSPS) is 20.8. The zero-order chi connectivity index (χ0) is 21.8. The number of nitrogens with one attached hydrogen (secondary N) is 2. The van der Waals surface area contributed by atoms with Crippen LogP contribution in [0.2, 0.25) is 0 Å². The van der Waals surface area contributed by atoms with Gasteiger partial charge in [-0.2, -0.15) is 0 Å². The molecule has 0 bridgehead atoms. The fourth-order valence-electron chi connectivity index (χ4n) is 3.87. The summed E-state index contributed by atoms with van der Waals surface area (Å²) in [5.41, 5.74) is 3.45. The molecule has 2 unspecified atom stereocenters. The van der Waals surface area contributed by atoms with Crippen LogP contribution in [0, 0.1) is 0 Å². The Labute approximate surface area is 181 Å². The Morgan fingerprint density at radius 1 is 1.29 bits per heavy atom. The summed E-state index contributed by atoms with van der Waals surface area (Å²) in [4.78, 5) is 23.7. The lowest BCUT2D eigenvalue weighted by atomic mass is 10.0. The van der Waals surface area contributed by atoms with Crippen molar-refractivity contribution < 1.29 is 19.4 Å². The molecule has 1 aromatic carbocycles. The van der Waals surface area contributed by atoms with Gasteiger partial charge in [-0.25, -0.2) is 14.8 Å². The zero-order valence-electron chi connectivity index (χ0n) is 17.9. The molecule has 1 aromatic heterocycles. The van der Waals surface area contributed by atoms with Gasteiger partial charge in [0.25, 0.3) is 0 Å². The monoisotopic (exact) mass is 427 g/mol. The summed E-state index contributed by atoms with van der Waals surface area (Å²) in [6.07, 6.45) is 0.290. The molecule has 9 nitrogen and oxygen atoms in total. The van der Waals surface area contributed by atoms with Crippen LogP contribution in [0.5, 0.6) is 0 Å². The van der Waals surface area contributed by atoms with Crippen LogP contribution in [0.25, 0.3) is 11.4 Å². The molecule has 31 heavy (non-hydrogen) atoms. The number of benzene rings is 1. The first-order valence-corrected chi connectivity index (χ1v) is 10.7. The average Bonchev–Trinajstić information content (AvgIpc) is 2.79. The molecule has 2 aliphatic heterocycles. The number of aliphatic hydroxyl groups is 1. The average molecular weight is 428 g/mol. The lowest BCUT2D eigenvalue weighted by Gasteiger charge is -2.37. The highest BCUT2D eigenvalue weighted by atomic mass is 16.5. The molecule has 3 heterocycles. The summed E-state index contributed by atoms with van der Waals surface area (Å²) in [5.74, 6) is 1.49. The Hall–Kier alpha value is -2.75. The lowest BCUT2D eigenvalue weighted by molar-refractivity contribution is -0.00827. The molecule has 2 aromatic rings. The maximum absolute atomic E-state index is 11.7. The fourth-order valence-corrected chi connectivity index (χ4v) is 3.87. The number of aliphatic hydroxyl groups excluding tert-OH is 1. The largest absolute Gasteiger partial charge is 0.394 e. The van der Waals surface area contributed by atoms with Crippen LogP contribution in [0.15, 0.2) is 24.3 Å². The number of rotatable bonds is 5. The van der Waals surface area contributed by atoms with Gasteiger partial charge in [0.15, 0.2) is 5.82 Å². The maximum Gasteiger partial charge on any atom is 0.319 e. The number of urea groups is 1. The van der Waals surface area contributed by atoms with Crippen molar-refractivity contribution in [3.63, 3.8) is 0 Å². The van der Waals surface area contributed by atoms with Gasteiger partial charge in [0.1, 0.15) is 5.82 Å². The first-order chi connectivity index (χ1) is 15.1. The van der Waals surface area contributed by atoms with E-state index in [1.165, 1.54) is 0 Å². The minimum atomic E-state index is -0.256. The minimum absolute atomic E-state index is 0.0394. The van der Waals surface area contributed by atoms with Crippen molar-refractivity contribution in [2.75, 3.05) is 43.1 Å². The zero-order valence-corrected chi connectivity index (χ0v) is 17.9. The molecule has 2 atom stereocenters. The number of hydrogen-bond donors (Lipinski definition) is 3. The SMILES string of the molecule is CCNC(=O)Nc1ccc(-c2nc3c(c(N4CCOCC4C)n2)COC(CO)C3)cc1. The van der Waals surface area contributed by atoms with E-state index in [4.69, 9.17) is 19.4 Å². The van der Waals surface area contributed by atoms with Gasteiger partial charge in [-0.1, -0.05) is 0 Å². The number of hydrogen-bond acceptors (Lipinski definition) is 7. The summed E-state index contributed by atoms with van der Waals surface area (Å²) >= 11 is 0. The number of morpholine rings is 1. The first kappa shape index (κ1) is 21.5. The molecule has 1 saturated heterocycles.